The summed E-state index contributed by atoms with van der Waals surface area (Å²) in [5.74, 6) is -0.990. The van der Waals surface area contributed by atoms with E-state index in [0.717, 1.165) is 0 Å². The number of carbonyl (C=O) groups is 2. The number of carboxylic acid groups (broad SMARTS) is 1. The maximum absolute atomic E-state index is 12.3. The van der Waals surface area contributed by atoms with Crippen molar-refractivity contribution >= 4 is 27.8 Å². The summed E-state index contributed by atoms with van der Waals surface area (Å²) in [7, 11) is 2.90. The van der Waals surface area contributed by atoms with Gasteiger partial charge in [0.2, 0.25) is 0 Å². The van der Waals surface area contributed by atoms with Crippen LogP contribution in [-0.2, 0) is 9.53 Å². The van der Waals surface area contributed by atoms with Gasteiger partial charge in [-0.3, -0.25) is 4.79 Å². The number of carbonyl (C=O) groups excluding carboxylic acids is 1. The van der Waals surface area contributed by atoms with E-state index in [0.29, 0.717) is 16.0 Å². The van der Waals surface area contributed by atoms with Crippen LogP contribution < -0.4 is 14.8 Å². The monoisotopic (exact) mass is 387 g/mol. The topological polar surface area (TPSA) is 94.1 Å². The quantitative estimate of drug-likeness (QED) is 0.496. The summed E-state index contributed by atoms with van der Waals surface area (Å²) in [5.41, 5.74) is 0.205. The van der Waals surface area contributed by atoms with Crippen molar-refractivity contribution in [3.8, 4) is 11.5 Å². The van der Waals surface area contributed by atoms with Gasteiger partial charge in [-0.2, -0.15) is 0 Å². The standard InChI is InChI=1S/C15H18BrNO6/c1-4-5-23-8-10(15(19)20)17-14(18)9-6-11(21-2)13(16)12(7-9)22-3/h4,6-7,10H,1,5,8H2,2-3H3,(H,17,18)(H,19,20). The fourth-order valence-corrected chi connectivity index (χ4v) is 2.24. The molecule has 1 amide bonds. The molecule has 1 unspecified atom stereocenters. The Morgan fingerprint density at radius 3 is 2.35 bits per heavy atom. The molecule has 0 spiro atoms. The van der Waals surface area contributed by atoms with Crippen molar-refractivity contribution < 1.29 is 28.9 Å². The van der Waals surface area contributed by atoms with Crippen LogP contribution in [0.1, 0.15) is 10.4 Å². The summed E-state index contributed by atoms with van der Waals surface area (Å²) in [6.45, 7) is 3.49. The van der Waals surface area contributed by atoms with E-state index in [1.807, 2.05) is 0 Å². The molecular weight excluding hydrogens is 370 g/mol. The van der Waals surface area contributed by atoms with E-state index >= 15 is 0 Å². The third kappa shape index (κ3) is 5.26. The van der Waals surface area contributed by atoms with Crippen LogP contribution >= 0.6 is 15.9 Å². The molecule has 0 aliphatic carbocycles. The molecule has 1 aromatic carbocycles. The number of aliphatic carboxylic acids is 1. The maximum Gasteiger partial charge on any atom is 0.328 e. The first-order valence-electron chi connectivity index (χ1n) is 6.58. The molecule has 0 aromatic heterocycles. The minimum atomic E-state index is -1.20. The van der Waals surface area contributed by atoms with Crippen molar-refractivity contribution in [1.29, 1.82) is 0 Å². The Bertz CT molecular complexity index is 564. The lowest BCUT2D eigenvalue weighted by Crippen LogP contribution is -2.44. The van der Waals surface area contributed by atoms with E-state index < -0.39 is 17.9 Å². The lowest BCUT2D eigenvalue weighted by Gasteiger charge is -2.16. The SMILES string of the molecule is C=CCOCC(NC(=O)c1cc(OC)c(Br)c(OC)c1)C(=O)O. The highest BCUT2D eigenvalue weighted by Gasteiger charge is 2.22. The van der Waals surface area contributed by atoms with Gasteiger partial charge in [0.15, 0.2) is 6.04 Å². The molecule has 0 saturated carbocycles. The first-order valence-corrected chi connectivity index (χ1v) is 7.37. The van der Waals surface area contributed by atoms with Gasteiger partial charge in [-0.15, -0.1) is 6.58 Å². The van der Waals surface area contributed by atoms with Crippen LogP contribution in [0.25, 0.3) is 0 Å². The largest absolute Gasteiger partial charge is 0.495 e. The number of benzene rings is 1. The molecule has 0 fully saturated rings. The van der Waals surface area contributed by atoms with Gasteiger partial charge in [-0.1, -0.05) is 6.08 Å². The van der Waals surface area contributed by atoms with E-state index in [1.165, 1.54) is 32.4 Å². The van der Waals surface area contributed by atoms with E-state index in [4.69, 9.17) is 19.3 Å². The fraction of sp³-hybridized carbons (Fsp3) is 0.333. The van der Waals surface area contributed by atoms with E-state index in [9.17, 15) is 9.59 Å². The number of amides is 1. The molecule has 0 heterocycles. The lowest BCUT2D eigenvalue weighted by atomic mass is 10.1. The zero-order chi connectivity index (χ0) is 17.4. The fourth-order valence-electron chi connectivity index (χ4n) is 1.69. The summed E-state index contributed by atoms with van der Waals surface area (Å²) in [6, 6.07) is 1.78. The molecule has 2 N–H and O–H groups in total. The van der Waals surface area contributed by atoms with Crippen LogP contribution in [-0.4, -0.2) is 50.5 Å². The second-order valence-corrected chi connectivity index (χ2v) is 5.18. The first kappa shape index (κ1) is 19.0. The van der Waals surface area contributed by atoms with Gasteiger partial charge >= 0.3 is 5.97 Å². The minimum Gasteiger partial charge on any atom is -0.495 e. The van der Waals surface area contributed by atoms with Crippen LogP contribution in [0.2, 0.25) is 0 Å². The number of hydrogen-bond donors (Lipinski definition) is 2. The molecule has 0 aliphatic heterocycles. The Morgan fingerprint density at radius 2 is 1.91 bits per heavy atom. The minimum absolute atomic E-state index is 0.169. The van der Waals surface area contributed by atoms with E-state index in [-0.39, 0.29) is 18.8 Å². The lowest BCUT2D eigenvalue weighted by molar-refractivity contribution is -0.140. The normalized spacial score (nSPS) is 11.4. The zero-order valence-corrected chi connectivity index (χ0v) is 14.4. The molecule has 0 radical (unpaired) electrons. The number of methoxy groups -OCH3 is 2. The zero-order valence-electron chi connectivity index (χ0n) is 12.8. The molecule has 0 saturated heterocycles. The molecule has 0 bridgehead atoms. The van der Waals surface area contributed by atoms with Gasteiger partial charge in [0, 0.05) is 5.56 Å². The number of carboxylic acids is 1. The van der Waals surface area contributed by atoms with Crippen molar-refractivity contribution in [2.75, 3.05) is 27.4 Å². The van der Waals surface area contributed by atoms with Gasteiger partial charge in [-0.25, -0.2) is 4.79 Å². The smallest absolute Gasteiger partial charge is 0.328 e. The molecule has 23 heavy (non-hydrogen) atoms. The summed E-state index contributed by atoms with van der Waals surface area (Å²) >= 11 is 3.30. The maximum atomic E-state index is 12.3. The predicted octanol–water partition coefficient (Wildman–Crippen LogP) is 1.85. The highest BCUT2D eigenvalue weighted by Crippen LogP contribution is 2.35. The average molecular weight is 388 g/mol. The van der Waals surface area contributed by atoms with Crippen molar-refractivity contribution in [2.24, 2.45) is 0 Å². The summed E-state index contributed by atoms with van der Waals surface area (Å²) in [4.78, 5) is 23.4. The summed E-state index contributed by atoms with van der Waals surface area (Å²) < 4.78 is 15.9. The number of ether oxygens (including phenoxy) is 3. The predicted molar refractivity (Wildman–Crippen MR) is 87.2 cm³/mol. The van der Waals surface area contributed by atoms with Gasteiger partial charge in [0.05, 0.1) is 27.4 Å². The van der Waals surface area contributed by atoms with Crippen LogP contribution in [0.3, 0.4) is 0 Å². The average Bonchev–Trinajstić information content (AvgIpc) is 2.53. The molecule has 1 aromatic rings. The Morgan fingerprint density at radius 1 is 1.35 bits per heavy atom. The number of hydrogen-bond acceptors (Lipinski definition) is 5. The highest BCUT2D eigenvalue weighted by molar-refractivity contribution is 9.10. The van der Waals surface area contributed by atoms with Crippen LogP contribution in [0.15, 0.2) is 29.3 Å². The molecule has 1 rings (SSSR count). The second-order valence-electron chi connectivity index (χ2n) is 4.39. The number of halogens is 1. The van der Waals surface area contributed by atoms with E-state index in [1.54, 1.807) is 0 Å². The molecule has 7 nitrogen and oxygen atoms in total. The molecule has 8 heteroatoms. The molecule has 0 aliphatic rings. The Kier molecular flexibility index (Phi) is 7.56. The number of nitrogens with one attached hydrogen (secondary N) is 1. The molecule has 1 atom stereocenters. The highest BCUT2D eigenvalue weighted by atomic mass is 79.9. The number of rotatable bonds is 9. The Balaban J connectivity index is 2.94. The van der Waals surface area contributed by atoms with E-state index in [2.05, 4.69) is 27.8 Å². The van der Waals surface area contributed by atoms with Gasteiger partial charge in [0.1, 0.15) is 16.0 Å². The van der Waals surface area contributed by atoms with Gasteiger partial charge in [-0.05, 0) is 28.1 Å². The van der Waals surface area contributed by atoms with Crippen LogP contribution in [0.5, 0.6) is 11.5 Å². The second kappa shape index (κ2) is 9.16. The third-order valence-electron chi connectivity index (χ3n) is 2.83. The summed E-state index contributed by atoms with van der Waals surface area (Å²) in [5, 5.41) is 11.5. The van der Waals surface area contributed by atoms with Crippen molar-refractivity contribution in [3.63, 3.8) is 0 Å². The van der Waals surface area contributed by atoms with Crippen LogP contribution in [0.4, 0.5) is 0 Å². The van der Waals surface area contributed by atoms with Crippen molar-refractivity contribution in [1.82, 2.24) is 5.32 Å². The first-order chi connectivity index (χ1) is 10.9. The Labute approximate surface area is 142 Å². The third-order valence-corrected chi connectivity index (χ3v) is 3.61. The molecular formula is C15H18BrNO6. The summed E-state index contributed by atoms with van der Waals surface area (Å²) in [6.07, 6.45) is 1.49. The molecule has 126 valence electrons. The van der Waals surface area contributed by atoms with Gasteiger partial charge in [0.25, 0.3) is 5.91 Å². The van der Waals surface area contributed by atoms with Crippen molar-refractivity contribution in [2.45, 2.75) is 6.04 Å². The Hall–Kier alpha value is -2.06. The van der Waals surface area contributed by atoms with Crippen molar-refractivity contribution in [3.05, 3.63) is 34.8 Å². The van der Waals surface area contributed by atoms with Crippen LogP contribution in [0, 0.1) is 0 Å². The van der Waals surface area contributed by atoms with Gasteiger partial charge < -0.3 is 24.6 Å².